The lowest BCUT2D eigenvalue weighted by molar-refractivity contribution is 0.298. The lowest BCUT2D eigenvalue weighted by Crippen LogP contribution is -2.37. The zero-order valence-electron chi connectivity index (χ0n) is 10.4. The lowest BCUT2D eigenvalue weighted by Gasteiger charge is -2.21. The van der Waals surface area contributed by atoms with Gasteiger partial charge in [0.05, 0.1) is 0 Å². The average Bonchev–Trinajstić information content (AvgIpc) is 2.79. The quantitative estimate of drug-likeness (QED) is 0.799. The van der Waals surface area contributed by atoms with Crippen LogP contribution in [-0.4, -0.2) is 35.6 Å². The summed E-state index contributed by atoms with van der Waals surface area (Å²) in [6.07, 6.45) is 4.37. The Kier molecular flexibility index (Phi) is 4.34. The first-order chi connectivity index (χ1) is 8.24. The summed E-state index contributed by atoms with van der Waals surface area (Å²) < 4.78 is 0. The van der Waals surface area contributed by atoms with Crippen LogP contribution in [0.5, 0.6) is 0 Å². The van der Waals surface area contributed by atoms with Gasteiger partial charge in [-0.05, 0) is 44.5 Å². The molecule has 4 heteroatoms. The monoisotopic (exact) mass is 235 g/mol. The Morgan fingerprint density at radius 1 is 1.47 bits per heavy atom. The summed E-state index contributed by atoms with van der Waals surface area (Å²) in [5.74, 6) is 0. The molecule has 0 bridgehead atoms. The van der Waals surface area contributed by atoms with E-state index in [4.69, 9.17) is 0 Å². The molecule has 1 aliphatic rings. The molecule has 1 unspecified atom stereocenters. The van der Waals surface area contributed by atoms with E-state index in [0.717, 1.165) is 18.7 Å². The molecule has 0 amide bonds. The number of likely N-dealkylation sites (tertiary alicyclic amines) is 1. The summed E-state index contributed by atoms with van der Waals surface area (Å²) in [5, 5.41) is 3.46. The van der Waals surface area contributed by atoms with Crippen LogP contribution < -0.4 is 10.9 Å². The third kappa shape index (κ3) is 3.98. The zero-order valence-corrected chi connectivity index (χ0v) is 10.4. The molecule has 4 nitrogen and oxygen atoms in total. The normalized spacial score (nSPS) is 18.4. The van der Waals surface area contributed by atoms with Crippen LogP contribution in [-0.2, 0) is 6.54 Å². The van der Waals surface area contributed by atoms with Crippen molar-refractivity contribution in [2.24, 2.45) is 0 Å². The van der Waals surface area contributed by atoms with Crippen LogP contribution in [0, 0.1) is 0 Å². The summed E-state index contributed by atoms with van der Waals surface area (Å²) in [7, 11) is 0. The van der Waals surface area contributed by atoms with Crippen LogP contribution >= 0.6 is 0 Å². The van der Waals surface area contributed by atoms with Gasteiger partial charge in [0.25, 0.3) is 0 Å². The second-order valence-corrected chi connectivity index (χ2v) is 4.85. The molecule has 2 N–H and O–H groups in total. The fourth-order valence-electron chi connectivity index (χ4n) is 2.31. The second kappa shape index (κ2) is 5.98. The molecule has 1 atom stereocenters. The fraction of sp³-hybridized carbons (Fsp3) is 0.615. The van der Waals surface area contributed by atoms with Crippen LogP contribution in [0.3, 0.4) is 0 Å². The van der Waals surface area contributed by atoms with Gasteiger partial charge in [-0.25, -0.2) is 0 Å². The van der Waals surface area contributed by atoms with E-state index in [2.05, 4.69) is 22.1 Å². The van der Waals surface area contributed by atoms with E-state index >= 15 is 0 Å². The molecule has 0 spiro atoms. The summed E-state index contributed by atoms with van der Waals surface area (Å²) in [6.45, 7) is 6.53. The van der Waals surface area contributed by atoms with Crippen molar-refractivity contribution in [3.05, 3.63) is 34.2 Å². The van der Waals surface area contributed by atoms with Gasteiger partial charge in [0.2, 0.25) is 5.56 Å². The van der Waals surface area contributed by atoms with Crippen LogP contribution in [0.25, 0.3) is 0 Å². The van der Waals surface area contributed by atoms with Crippen LogP contribution in [0.2, 0.25) is 0 Å². The highest BCUT2D eigenvalue weighted by atomic mass is 16.1. The van der Waals surface area contributed by atoms with Gasteiger partial charge in [-0.2, -0.15) is 0 Å². The highest BCUT2D eigenvalue weighted by Gasteiger charge is 2.13. The van der Waals surface area contributed by atoms with E-state index in [9.17, 15) is 4.79 Å². The number of aromatic nitrogens is 1. The number of pyridine rings is 1. The molecule has 1 aliphatic heterocycles. The van der Waals surface area contributed by atoms with Crippen LogP contribution in [0.4, 0.5) is 0 Å². The maximum absolute atomic E-state index is 11.1. The number of rotatable bonds is 5. The maximum Gasteiger partial charge on any atom is 0.248 e. The van der Waals surface area contributed by atoms with Crippen molar-refractivity contribution in [1.82, 2.24) is 15.2 Å². The molecule has 94 valence electrons. The molecule has 0 radical (unpaired) electrons. The van der Waals surface area contributed by atoms with E-state index in [1.54, 1.807) is 12.3 Å². The number of nitrogens with one attached hydrogen (secondary N) is 2. The molecular weight excluding hydrogens is 214 g/mol. The zero-order chi connectivity index (χ0) is 12.1. The van der Waals surface area contributed by atoms with Crippen molar-refractivity contribution < 1.29 is 0 Å². The fourth-order valence-corrected chi connectivity index (χ4v) is 2.31. The van der Waals surface area contributed by atoms with E-state index in [0.29, 0.717) is 6.04 Å². The van der Waals surface area contributed by atoms with Gasteiger partial charge < -0.3 is 15.2 Å². The molecule has 0 saturated carbocycles. The van der Waals surface area contributed by atoms with E-state index in [1.807, 2.05) is 6.07 Å². The molecule has 1 aromatic heterocycles. The first-order valence-corrected chi connectivity index (χ1v) is 6.37. The van der Waals surface area contributed by atoms with E-state index < -0.39 is 0 Å². The molecule has 2 heterocycles. The summed E-state index contributed by atoms with van der Waals surface area (Å²) >= 11 is 0. The molecule has 0 aliphatic carbocycles. The van der Waals surface area contributed by atoms with Gasteiger partial charge in [-0.15, -0.1) is 0 Å². The van der Waals surface area contributed by atoms with Gasteiger partial charge in [0, 0.05) is 31.4 Å². The van der Waals surface area contributed by atoms with Gasteiger partial charge in [0.15, 0.2) is 0 Å². The van der Waals surface area contributed by atoms with Gasteiger partial charge in [-0.3, -0.25) is 4.79 Å². The third-order valence-corrected chi connectivity index (χ3v) is 3.22. The Balaban J connectivity index is 1.75. The number of H-pyrrole nitrogens is 1. The first-order valence-electron chi connectivity index (χ1n) is 6.37. The average molecular weight is 235 g/mol. The Hall–Kier alpha value is -1.13. The Bertz CT molecular complexity index is 396. The van der Waals surface area contributed by atoms with Gasteiger partial charge in [-0.1, -0.05) is 0 Å². The topological polar surface area (TPSA) is 48.1 Å². The number of nitrogens with zero attached hydrogens (tertiary/aromatic N) is 1. The highest BCUT2D eigenvalue weighted by Crippen LogP contribution is 2.07. The number of aromatic amines is 1. The van der Waals surface area contributed by atoms with Crippen molar-refractivity contribution in [3.8, 4) is 0 Å². The van der Waals surface area contributed by atoms with E-state index in [-0.39, 0.29) is 5.56 Å². The molecule has 2 rings (SSSR count). The van der Waals surface area contributed by atoms with Crippen LogP contribution in [0.15, 0.2) is 23.1 Å². The number of hydrogen-bond donors (Lipinski definition) is 2. The van der Waals surface area contributed by atoms with Crippen molar-refractivity contribution in [2.75, 3.05) is 19.6 Å². The Morgan fingerprint density at radius 3 is 2.94 bits per heavy atom. The minimum atomic E-state index is -0.0310. The molecule has 0 aromatic carbocycles. The largest absolute Gasteiger partial charge is 0.329 e. The van der Waals surface area contributed by atoms with Crippen LogP contribution in [0.1, 0.15) is 25.3 Å². The minimum absolute atomic E-state index is 0.0310. The van der Waals surface area contributed by atoms with Crippen molar-refractivity contribution in [3.63, 3.8) is 0 Å². The summed E-state index contributed by atoms with van der Waals surface area (Å²) in [4.78, 5) is 16.2. The first kappa shape index (κ1) is 12.3. The third-order valence-electron chi connectivity index (χ3n) is 3.22. The maximum atomic E-state index is 11.1. The molecule has 1 fully saturated rings. The van der Waals surface area contributed by atoms with E-state index in [1.165, 1.54) is 25.9 Å². The number of hydrogen-bond acceptors (Lipinski definition) is 3. The van der Waals surface area contributed by atoms with Crippen molar-refractivity contribution in [1.29, 1.82) is 0 Å². The predicted octanol–water partition coefficient (Wildman–Crippen LogP) is 0.949. The van der Waals surface area contributed by atoms with Gasteiger partial charge >= 0.3 is 0 Å². The van der Waals surface area contributed by atoms with Gasteiger partial charge in [0.1, 0.15) is 0 Å². The van der Waals surface area contributed by atoms with Crippen molar-refractivity contribution >= 4 is 0 Å². The minimum Gasteiger partial charge on any atom is -0.329 e. The Labute approximate surface area is 102 Å². The molecule has 17 heavy (non-hydrogen) atoms. The highest BCUT2D eigenvalue weighted by molar-refractivity contribution is 5.09. The Morgan fingerprint density at radius 2 is 2.24 bits per heavy atom. The predicted molar refractivity (Wildman–Crippen MR) is 69.0 cm³/mol. The molecular formula is C13H21N3O. The smallest absolute Gasteiger partial charge is 0.248 e. The standard InChI is InChI=1S/C13H21N3O/c1-11(10-16-6-2-3-7-16)15-9-12-4-5-14-13(17)8-12/h4-5,8,11,15H,2-3,6-7,9-10H2,1H3,(H,14,17). The van der Waals surface area contributed by atoms with Crippen molar-refractivity contribution in [2.45, 2.75) is 32.4 Å². The summed E-state index contributed by atoms with van der Waals surface area (Å²) in [6, 6.07) is 4.06. The summed E-state index contributed by atoms with van der Waals surface area (Å²) in [5.41, 5.74) is 1.01. The lowest BCUT2D eigenvalue weighted by atomic mass is 10.2. The molecule has 1 aromatic rings. The molecule has 1 saturated heterocycles. The second-order valence-electron chi connectivity index (χ2n) is 4.85. The SMILES string of the molecule is CC(CN1CCCC1)NCc1cc[nH]c(=O)c1.